The Hall–Kier alpha value is -1.55. The predicted molar refractivity (Wildman–Crippen MR) is 71.5 cm³/mol. The van der Waals surface area contributed by atoms with Gasteiger partial charge in [-0.25, -0.2) is 8.78 Å². The molecule has 0 atom stereocenters. The summed E-state index contributed by atoms with van der Waals surface area (Å²) >= 11 is 1.45. The second-order valence-electron chi connectivity index (χ2n) is 3.99. The van der Waals surface area contributed by atoms with Gasteiger partial charge in [0.2, 0.25) is 0 Å². The minimum atomic E-state index is -0.420. The fraction of sp³-hybridized carbons (Fsp3) is 0.143. The second kappa shape index (κ2) is 5.40. The van der Waals surface area contributed by atoms with Crippen LogP contribution in [0.2, 0.25) is 0 Å². The van der Waals surface area contributed by atoms with Crippen molar-refractivity contribution in [2.75, 3.05) is 5.73 Å². The zero-order chi connectivity index (χ0) is 13.1. The highest BCUT2D eigenvalue weighted by atomic mass is 32.2. The quantitative estimate of drug-likeness (QED) is 0.666. The number of halogens is 2. The molecule has 2 aromatic rings. The van der Waals surface area contributed by atoms with Crippen LogP contribution in [-0.4, -0.2) is 0 Å². The van der Waals surface area contributed by atoms with Gasteiger partial charge in [-0.15, -0.1) is 11.8 Å². The molecule has 0 aliphatic rings. The minimum absolute atomic E-state index is 0.363. The Morgan fingerprint density at radius 3 is 2.72 bits per heavy atom. The van der Waals surface area contributed by atoms with Crippen LogP contribution in [-0.2, 0) is 5.75 Å². The second-order valence-corrected chi connectivity index (χ2v) is 5.01. The minimum Gasteiger partial charge on any atom is -0.398 e. The zero-order valence-electron chi connectivity index (χ0n) is 9.91. The van der Waals surface area contributed by atoms with Crippen molar-refractivity contribution < 1.29 is 8.78 Å². The van der Waals surface area contributed by atoms with Gasteiger partial charge in [-0.05, 0) is 42.8 Å². The summed E-state index contributed by atoms with van der Waals surface area (Å²) in [7, 11) is 0. The van der Waals surface area contributed by atoms with Crippen molar-refractivity contribution in [3.05, 3.63) is 59.2 Å². The molecule has 2 rings (SSSR count). The Balaban J connectivity index is 2.16. The molecule has 0 aliphatic carbocycles. The number of thioether (sulfide) groups is 1. The monoisotopic (exact) mass is 265 g/mol. The Kier molecular flexibility index (Phi) is 3.87. The lowest BCUT2D eigenvalue weighted by Gasteiger charge is -2.08. The average molecular weight is 265 g/mol. The van der Waals surface area contributed by atoms with E-state index in [-0.39, 0.29) is 5.82 Å². The van der Waals surface area contributed by atoms with E-state index in [2.05, 4.69) is 0 Å². The van der Waals surface area contributed by atoms with Gasteiger partial charge in [0, 0.05) is 21.9 Å². The maximum absolute atomic E-state index is 13.4. The SMILES string of the molecule is Cc1c(N)cccc1SCc1cc(F)ccc1F. The molecule has 0 fully saturated rings. The molecule has 0 unspecified atom stereocenters. The van der Waals surface area contributed by atoms with Crippen molar-refractivity contribution in [1.82, 2.24) is 0 Å². The highest BCUT2D eigenvalue weighted by Crippen LogP contribution is 2.29. The molecular weight excluding hydrogens is 252 g/mol. The molecule has 0 amide bonds. The molecule has 4 heteroatoms. The van der Waals surface area contributed by atoms with Gasteiger partial charge in [0.05, 0.1) is 0 Å². The fourth-order valence-corrected chi connectivity index (χ4v) is 2.64. The van der Waals surface area contributed by atoms with Crippen LogP contribution < -0.4 is 5.73 Å². The molecular formula is C14H13F2NS. The number of benzene rings is 2. The lowest BCUT2D eigenvalue weighted by atomic mass is 10.2. The van der Waals surface area contributed by atoms with Crippen LogP contribution in [0, 0.1) is 18.6 Å². The third kappa shape index (κ3) is 2.82. The lowest BCUT2D eigenvalue weighted by molar-refractivity contribution is 0.591. The molecule has 0 spiro atoms. The Morgan fingerprint density at radius 2 is 1.94 bits per heavy atom. The predicted octanol–water partition coefficient (Wildman–Crippen LogP) is 4.15. The highest BCUT2D eigenvalue weighted by molar-refractivity contribution is 7.98. The summed E-state index contributed by atoms with van der Waals surface area (Å²) in [5, 5.41) is 0. The number of nitrogen functional groups attached to an aromatic ring is 1. The third-order valence-corrected chi connectivity index (χ3v) is 3.93. The van der Waals surface area contributed by atoms with Gasteiger partial charge in [-0.1, -0.05) is 6.07 Å². The summed E-state index contributed by atoms with van der Waals surface area (Å²) in [6, 6.07) is 9.10. The summed E-state index contributed by atoms with van der Waals surface area (Å²) < 4.78 is 26.5. The van der Waals surface area contributed by atoms with Crippen LogP contribution in [0.4, 0.5) is 14.5 Å². The van der Waals surface area contributed by atoms with E-state index in [9.17, 15) is 8.78 Å². The Bertz CT molecular complexity index is 568. The van der Waals surface area contributed by atoms with Crippen molar-refractivity contribution in [1.29, 1.82) is 0 Å². The number of rotatable bonds is 3. The highest BCUT2D eigenvalue weighted by Gasteiger charge is 2.07. The van der Waals surface area contributed by atoms with Crippen LogP contribution in [0.25, 0.3) is 0 Å². The molecule has 0 aliphatic heterocycles. The molecule has 2 N–H and O–H groups in total. The van der Waals surface area contributed by atoms with Gasteiger partial charge in [-0.2, -0.15) is 0 Å². The van der Waals surface area contributed by atoms with Crippen molar-refractivity contribution in [3.8, 4) is 0 Å². The molecule has 18 heavy (non-hydrogen) atoms. The topological polar surface area (TPSA) is 26.0 Å². The Morgan fingerprint density at radius 1 is 1.17 bits per heavy atom. The lowest BCUT2D eigenvalue weighted by Crippen LogP contribution is -1.93. The van der Waals surface area contributed by atoms with E-state index in [1.54, 1.807) is 0 Å². The first-order valence-corrected chi connectivity index (χ1v) is 6.48. The normalized spacial score (nSPS) is 10.6. The van der Waals surface area contributed by atoms with Gasteiger partial charge in [0.1, 0.15) is 11.6 Å². The van der Waals surface area contributed by atoms with E-state index in [1.165, 1.54) is 17.8 Å². The Labute approximate surface area is 109 Å². The van der Waals surface area contributed by atoms with Crippen molar-refractivity contribution in [2.45, 2.75) is 17.6 Å². The molecule has 1 nitrogen and oxygen atoms in total. The van der Waals surface area contributed by atoms with Crippen molar-refractivity contribution >= 4 is 17.4 Å². The molecule has 0 saturated heterocycles. The smallest absolute Gasteiger partial charge is 0.127 e. The first-order chi connectivity index (χ1) is 8.58. The van der Waals surface area contributed by atoms with E-state index < -0.39 is 5.82 Å². The summed E-state index contributed by atoms with van der Waals surface area (Å²) in [6.45, 7) is 1.92. The van der Waals surface area contributed by atoms with Gasteiger partial charge in [-0.3, -0.25) is 0 Å². The van der Waals surface area contributed by atoms with Gasteiger partial charge in [0.25, 0.3) is 0 Å². The summed E-state index contributed by atoms with van der Waals surface area (Å²) in [5.74, 6) is -0.421. The van der Waals surface area contributed by atoms with Crippen LogP contribution in [0.3, 0.4) is 0 Å². The fourth-order valence-electron chi connectivity index (χ4n) is 1.60. The van der Waals surface area contributed by atoms with Gasteiger partial charge >= 0.3 is 0 Å². The maximum Gasteiger partial charge on any atom is 0.127 e. The number of nitrogens with two attached hydrogens (primary N) is 1. The van der Waals surface area contributed by atoms with E-state index in [0.29, 0.717) is 17.0 Å². The van der Waals surface area contributed by atoms with Gasteiger partial charge < -0.3 is 5.73 Å². The molecule has 2 aromatic carbocycles. The van der Waals surface area contributed by atoms with Crippen molar-refractivity contribution in [3.63, 3.8) is 0 Å². The molecule has 0 saturated carbocycles. The number of hydrogen-bond donors (Lipinski definition) is 1. The summed E-state index contributed by atoms with van der Waals surface area (Å²) in [4.78, 5) is 0.985. The van der Waals surface area contributed by atoms with Gasteiger partial charge in [0.15, 0.2) is 0 Å². The summed E-state index contributed by atoms with van der Waals surface area (Å²) in [6.07, 6.45) is 0. The van der Waals surface area contributed by atoms with E-state index in [4.69, 9.17) is 5.73 Å². The molecule has 0 heterocycles. The number of hydrogen-bond acceptors (Lipinski definition) is 2. The molecule has 0 aromatic heterocycles. The standard InChI is InChI=1S/C14H13F2NS/c1-9-13(17)3-2-4-14(9)18-8-10-7-11(15)5-6-12(10)16/h2-7H,8,17H2,1H3. The van der Waals surface area contributed by atoms with E-state index in [1.807, 2.05) is 25.1 Å². The first kappa shape index (κ1) is 12.9. The van der Waals surface area contributed by atoms with Crippen LogP contribution >= 0.6 is 11.8 Å². The van der Waals surface area contributed by atoms with E-state index >= 15 is 0 Å². The van der Waals surface area contributed by atoms with Crippen molar-refractivity contribution in [2.24, 2.45) is 0 Å². The zero-order valence-corrected chi connectivity index (χ0v) is 10.7. The molecule has 0 bridgehead atoms. The van der Waals surface area contributed by atoms with Crippen LogP contribution in [0.15, 0.2) is 41.3 Å². The van der Waals surface area contributed by atoms with Crippen LogP contribution in [0.5, 0.6) is 0 Å². The van der Waals surface area contributed by atoms with E-state index in [0.717, 1.165) is 22.6 Å². The molecule has 0 radical (unpaired) electrons. The third-order valence-electron chi connectivity index (χ3n) is 2.72. The summed E-state index contributed by atoms with van der Waals surface area (Å²) in [5.41, 5.74) is 7.84. The first-order valence-electron chi connectivity index (χ1n) is 5.50. The largest absolute Gasteiger partial charge is 0.398 e. The van der Waals surface area contributed by atoms with Crippen LogP contribution in [0.1, 0.15) is 11.1 Å². The maximum atomic E-state index is 13.4. The average Bonchev–Trinajstić information content (AvgIpc) is 2.35. The number of anilines is 1. The molecule has 94 valence electrons.